The zero-order valence-corrected chi connectivity index (χ0v) is 10.8. The van der Waals surface area contributed by atoms with Gasteiger partial charge in [-0.2, -0.15) is 5.10 Å². The van der Waals surface area contributed by atoms with E-state index >= 15 is 0 Å². The molecule has 0 fully saturated rings. The highest BCUT2D eigenvalue weighted by Gasteiger charge is 2.13. The molecule has 2 rings (SSSR count). The summed E-state index contributed by atoms with van der Waals surface area (Å²) >= 11 is 0. The molecule has 0 bridgehead atoms. The molecule has 0 atom stereocenters. The highest BCUT2D eigenvalue weighted by Crippen LogP contribution is 2.05. The van der Waals surface area contributed by atoms with Crippen molar-refractivity contribution in [3.63, 3.8) is 0 Å². The number of rotatable bonds is 3. The lowest BCUT2D eigenvalue weighted by molar-refractivity contribution is 0.0693. The molecule has 0 saturated heterocycles. The van der Waals surface area contributed by atoms with E-state index in [1.54, 1.807) is 6.92 Å². The Morgan fingerprint density at radius 2 is 2.05 bits per heavy atom. The third-order valence-corrected chi connectivity index (χ3v) is 2.74. The van der Waals surface area contributed by atoms with Crippen LogP contribution in [-0.4, -0.2) is 20.9 Å². The van der Waals surface area contributed by atoms with Gasteiger partial charge in [0, 0.05) is 0 Å². The Balaban J connectivity index is 2.46. The molecule has 19 heavy (non-hydrogen) atoms. The number of carboxylic acids is 1. The number of hydrogen-bond donors (Lipinski definition) is 1. The number of nitrogens with zero attached hydrogens (tertiary/aromatic N) is 2. The van der Waals surface area contributed by atoms with Crippen molar-refractivity contribution in [3.8, 4) is 0 Å². The highest BCUT2D eigenvalue weighted by molar-refractivity contribution is 5.87. The van der Waals surface area contributed by atoms with E-state index in [2.05, 4.69) is 5.10 Å². The van der Waals surface area contributed by atoms with Crippen molar-refractivity contribution in [3.05, 3.63) is 63.1 Å². The normalized spacial score (nSPS) is 10.4. The standard InChI is InChI=1S/C14H14N2O3/c1-9-4-3-5-11(6-9)8-16-13(17)12(14(18)19)7-10(2)15-16/h3-7H,8H2,1-2H3,(H,18,19). The fourth-order valence-corrected chi connectivity index (χ4v) is 1.92. The van der Waals surface area contributed by atoms with Gasteiger partial charge in [0.05, 0.1) is 12.2 Å². The van der Waals surface area contributed by atoms with Gasteiger partial charge in [-0.1, -0.05) is 29.8 Å². The fourth-order valence-electron chi connectivity index (χ4n) is 1.92. The monoisotopic (exact) mass is 258 g/mol. The summed E-state index contributed by atoms with van der Waals surface area (Å²) in [4.78, 5) is 23.0. The van der Waals surface area contributed by atoms with Crippen molar-refractivity contribution in [2.24, 2.45) is 0 Å². The molecule has 1 heterocycles. The van der Waals surface area contributed by atoms with Crippen molar-refractivity contribution in [2.45, 2.75) is 20.4 Å². The SMILES string of the molecule is Cc1cccc(Cn2nc(C)cc(C(=O)O)c2=O)c1. The lowest BCUT2D eigenvalue weighted by Gasteiger charge is -2.07. The van der Waals surface area contributed by atoms with Gasteiger partial charge in [0.25, 0.3) is 5.56 Å². The molecule has 0 amide bonds. The third kappa shape index (κ3) is 2.88. The van der Waals surface area contributed by atoms with Crippen molar-refractivity contribution in [2.75, 3.05) is 0 Å². The highest BCUT2D eigenvalue weighted by atomic mass is 16.4. The first kappa shape index (κ1) is 13.0. The maximum absolute atomic E-state index is 12.0. The maximum atomic E-state index is 12.0. The number of aromatic nitrogens is 2. The second-order valence-corrected chi connectivity index (χ2v) is 4.46. The molecular formula is C14H14N2O3. The fraction of sp³-hybridized carbons (Fsp3) is 0.214. The lowest BCUT2D eigenvalue weighted by atomic mass is 10.1. The van der Waals surface area contributed by atoms with E-state index in [9.17, 15) is 9.59 Å². The summed E-state index contributed by atoms with van der Waals surface area (Å²) in [6.07, 6.45) is 0. The van der Waals surface area contributed by atoms with Crippen LogP contribution in [0.5, 0.6) is 0 Å². The van der Waals surface area contributed by atoms with Crippen LogP contribution >= 0.6 is 0 Å². The summed E-state index contributed by atoms with van der Waals surface area (Å²) < 4.78 is 1.19. The molecule has 0 saturated carbocycles. The largest absolute Gasteiger partial charge is 0.477 e. The molecule has 1 aromatic heterocycles. The van der Waals surface area contributed by atoms with Gasteiger partial charge in [0.1, 0.15) is 5.56 Å². The van der Waals surface area contributed by atoms with Gasteiger partial charge >= 0.3 is 5.97 Å². The number of carboxylic acid groups (broad SMARTS) is 1. The second-order valence-electron chi connectivity index (χ2n) is 4.46. The van der Waals surface area contributed by atoms with Crippen LogP contribution in [0, 0.1) is 13.8 Å². The van der Waals surface area contributed by atoms with Gasteiger partial charge in [-0.15, -0.1) is 0 Å². The molecule has 1 N–H and O–H groups in total. The van der Waals surface area contributed by atoms with E-state index in [-0.39, 0.29) is 12.1 Å². The molecule has 0 aliphatic rings. The van der Waals surface area contributed by atoms with Gasteiger partial charge in [-0.05, 0) is 25.5 Å². The Bertz CT molecular complexity index is 689. The molecule has 5 nitrogen and oxygen atoms in total. The van der Waals surface area contributed by atoms with E-state index in [1.165, 1.54) is 10.7 Å². The Hall–Kier alpha value is -2.43. The van der Waals surface area contributed by atoms with E-state index in [0.717, 1.165) is 11.1 Å². The number of benzene rings is 1. The lowest BCUT2D eigenvalue weighted by Crippen LogP contribution is -2.29. The number of aromatic carboxylic acids is 1. The molecule has 0 spiro atoms. The average molecular weight is 258 g/mol. The van der Waals surface area contributed by atoms with Gasteiger partial charge in [0.15, 0.2) is 0 Å². The molecule has 0 aliphatic carbocycles. The first-order valence-corrected chi connectivity index (χ1v) is 5.85. The van der Waals surface area contributed by atoms with Crippen molar-refractivity contribution < 1.29 is 9.90 Å². The van der Waals surface area contributed by atoms with Crippen LogP contribution in [-0.2, 0) is 6.54 Å². The van der Waals surface area contributed by atoms with Crippen LogP contribution in [0.15, 0.2) is 35.1 Å². The van der Waals surface area contributed by atoms with Crippen LogP contribution in [0.1, 0.15) is 27.2 Å². The summed E-state index contributed by atoms with van der Waals surface area (Å²) in [6, 6.07) is 8.96. The van der Waals surface area contributed by atoms with E-state index in [0.29, 0.717) is 5.69 Å². The Kier molecular flexibility index (Phi) is 3.46. The Morgan fingerprint density at radius 1 is 1.32 bits per heavy atom. The second kappa shape index (κ2) is 5.06. The molecule has 98 valence electrons. The number of carbonyl (C=O) groups is 1. The quantitative estimate of drug-likeness (QED) is 0.907. The van der Waals surface area contributed by atoms with Crippen LogP contribution in [0.3, 0.4) is 0 Å². The molecule has 2 aromatic rings. The zero-order chi connectivity index (χ0) is 14.0. The van der Waals surface area contributed by atoms with E-state index < -0.39 is 11.5 Å². The maximum Gasteiger partial charge on any atom is 0.341 e. The summed E-state index contributed by atoms with van der Waals surface area (Å²) in [5.74, 6) is -1.23. The van der Waals surface area contributed by atoms with E-state index in [4.69, 9.17) is 5.11 Å². The minimum Gasteiger partial charge on any atom is -0.477 e. The molecule has 0 radical (unpaired) electrons. The first-order valence-electron chi connectivity index (χ1n) is 5.85. The van der Waals surface area contributed by atoms with Crippen LogP contribution in [0.25, 0.3) is 0 Å². The van der Waals surface area contributed by atoms with Crippen molar-refractivity contribution in [1.29, 1.82) is 0 Å². The van der Waals surface area contributed by atoms with Crippen molar-refractivity contribution in [1.82, 2.24) is 9.78 Å². The number of hydrogen-bond acceptors (Lipinski definition) is 3. The molecule has 1 aromatic carbocycles. The first-order chi connectivity index (χ1) is 8.97. The minimum atomic E-state index is -1.23. The summed E-state index contributed by atoms with van der Waals surface area (Å²) in [7, 11) is 0. The zero-order valence-electron chi connectivity index (χ0n) is 10.8. The smallest absolute Gasteiger partial charge is 0.341 e. The van der Waals surface area contributed by atoms with Gasteiger partial charge in [0.2, 0.25) is 0 Å². The molecular weight excluding hydrogens is 244 g/mol. The van der Waals surface area contributed by atoms with E-state index in [1.807, 2.05) is 31.2 Å². The summed E-state index contributed by atoms with van der Waals surface area (Å²) in [5, 5.41) is 13.1. The van der Waals surface area contributed by atoms with Gasteiger partial charge in [-0.3, -0.25) is 4.79 Å². The predicted octanol–water partition coefficient (Wildman–Crippen LogP) is 1.61. The van der Waals surface area contributed by atoms with Crippen LogP contribution < -0.4 is 5.56 Å². The summed E-state index contributed by atoms with van der Waals surface area (Å²) in [5.41, 5.74) is 1.66. The van der Waals surface area contributed by atoms with Gasteiger partial charge < -0.3 is 5.11 Å². The van der Waals surface area contributed by atoms with Crippen molar-refractivity contribution >= 4 is 5.97 Å². The molecule has 0 unspecified atom stereocenters. The molecule has 5 heteroatoms. The minimum absolute atomic E-state index is 0.250. The van der Waals surface area contributed by atoms with Crippen LogP contribution in [0.2, 0.25) is 0 Å². The topological polar surface area (TPSA) is 72.2 Å². The predicted molar refractivity (Wildman–Crippen MR) is 70.5 cm³/mol. The molecule has 0 aliphatic heterocycles. The Labute approximate surface area is 110 Å². The third-order valence-electron chi connectivity index (χ3n) is 2.74. The number of aryl methyl sites for hydroxylation is 2. The summed E-state index contributed by atoms with van der Waals surface area (Å²) in [6.45, 7) is 3.89. The van der Waals surface area contributed by atoms with Crippen LogP contribution in [0.4, 0.5) is 0 Å². The average Bonchev–Trinajstić information content (AvgIpc) is 2.33. The Morgan fingerprint density at radius 3 is 2.68 bits per heavy atom. The van der Waals surface area contributed by atoms with Gasteiger partial charge in [-0.25, -0.2) is 9.48 Å².